The number of hydrogen-bond acceptors (Lipinski definition) is 3. The highest BCUT2D eigenvalue weighted by atomic mass is 16.5. The molecule has 0 saturated heterocycles. The second kappa shape index (κ2) is 4.14. The zero-order valence-corrected chi connectivity index (χ0v) is 8.08. The summed E-state index contributed by atoms with van der Waals surface area (Å²) in [5.41, 5.74) is 12.9. The Morgan fingerprint density at radius 3 is 2.62 bits per heavy atom. The fourth-order valence-electron chi connectivity index (χ4n) is 1.06. The molecule has 0 atom stereocenters. The van der Waals surface area contributed by atoms with Gasteiger partial charge in [-0.25, -0.2) is 0 Å². The van der Waals surface area contributed by atoms with E-state index < -0.39 is 0 Å². The molecule has 0 aromatic heterocycles. The van der Waals surface area contributed by atoms with Crippen LogP contribution in [0.25, 0.3) is 0 Å². The van der Waals surface area contributed by atoms with Crippen molar-refractivity contribution in [2.24, 2.45) is 5.73 Å². The van der Waals surface area contributed by atoms with Gasteiger partial charge in [-0.3, -0.25) is 0 Å². The fraction of sp³-hybridized carbons (Fsp3) is 0.400. The van der Waals surface area contributed by atoms with Crippen molar-refractivity contribution >= 4 is 5.69 Å². The van der Waals surface area contributed by atoms with E-state index in [1.54, 1.807) is 0 Å². The average molecular weight is 180 g/mol. The van der Waals surface area contributed by atoms with Crippen LogP contribution in [0.15, 0.2) is 18.2 Å². The highest BCUT2D eigenvalue weighted by Crippen LogP contribution is 2.23. The van der Waals surface area contributed by atoms with Crippen LogP contribution in [0.1, 0.15) is 19.4 Å². The van der Waals surface area contributed by atoms with Crippen molar-refractivity contribution in [1.82, 2.24) is 0 Å². The lowest BCUT2D eigenvalue weighted by molar-refractivity contribution is 0.243. The Morgan fingerprint density at radius 1 is 1.38 bits per heavy atom. The van der Waals surface area contributed by atoms with E-state index in [0.717, 1.165) is 11.3 Å². The summed E-state index contributed by atoms with van der Waals surface area (Å²) in [6.07, 6.45) is 0.135. The summed E-state index contributed by atoms with van der Waals surface area (Å²) in [7, 11) is 0. The lowest BCUT2D eigenvalue weighted by atomic mass is 10.2. The van der Waals surface area contributed by atoms with Crippen LogP contribution in [-0.2, 0) is 6.54 Å². The molecule has 1 aromatic carbocycles. The summed E-state index contributed by atoms with van der Waals surface area (Å²) in [5.74, 6) is 0.720. The maximum Gasteiger partial charge on any atom is 0.142 e. The molecule has 72 valence electrons. The molecule has 0 spiro atoms. The summed E-state index contributed by atoms with van der Waals surface area (Å²) in [5, 5.41) is 0. The molecule has 4 N–H and O–H groups in total. The van der Waals surface area contributed by atoms with Crippen molar-refractivity contribution in [2.45, 2.75) is 26.5 Å². The van der Waals surface area contributed by atoms with Crippen LogP contribution >= 0.6 is 0 Å². The maximum absolute atomic E-state index is 5.73. The highest BCUT2D eigenvalue weighted by Gasteiger charge is 2.03. The monoisotopic (exact) mass is 180 g/mol. The zero-order valence-electron chi connectivity index (χ0n) is 8.08. The lowest BCUT2D eigenvalue weighted by Crippen LogP contribution is -2.08. The third kappa shape index (κ3) is 2.63. The largest absolute Gasteiger partial charge is 0.489 e. The lowest BCUT2D eigenvalue weighted by Gasteiger charge is -2.12. The van der Waals surface area contributed by atoms with Crippen molar-refractivity contribution in [3.05, 3.63) is 23.8 Å². The number of nitrogens with two attached hydrogens (primary N) is 2. The van der Waals surface area contributed by atoms with Crippen LogP contribution in [0.3, 0.4) is 0 Å². The molecular weight excluding hydrogens is 164 g/mol. The van der Waals surface area contributed by atoms with Crippen molar-refractivity contribution in [1.29, 1.82) is 0 Å². The van der Waals surface area contributed by atoms with Gasteiger partial charge in [0, 0.05) is 6.54 Å². The average Bonchev–Trinajstić information content (AvgIpc) is 2.08. The van der Waals surface area contributed by atoms with Crippen molar-refractivity contribution < 1.29 is 4.74 Å². The Labute approximate surface area is 78.7 Å². The van der Waals surface area contributed by atoms with Crippen LogP contribution < -0.4 is 16.2 Å². The summed E-state index contributed by atoms with van der Waals surface area (Å²) in [4.78, 5) is 0. The smallest absolute Gasteiger partial charge is 0.142 e. The molecule has 0 fully saturated rings. The van der Waals surface area contributed by atoms with E-state index in [4.69, 9.17) is 16.2 Å². The molecule has 0 amide bonds. The maximum atomic E-state index is 5.73. The third-order valence-corrected chi connectivity index (χ3v) is 1.68. The van der Waals surface area contributed by atoms with E-state index in [2.05, 4.69) is 0 Å². The van der Waals surface area contributed by atoms with Gasteiger partial charge in [-0.2, -0.15) is 0 Å². The van der Waals surface area contributed by atoms with E-state index in [0.29, 0.717) is 12.2 Å². The summed E-state index contributed by atoms with van der Waals surface area (Å²) in [6.45, 7) is 4.44. The van der Waals surface area contributed by atoms with Gasteiger partial charge in [0.2, 0.25) is 0 Å². The van der Waals surface area contributed by atoms with Crippen molar-refractivity contribution in [3.63, 3.8) is 0 Å². The van der Waals surface area contributed by atoms with E-state index in [1.165, 1.54) is 0 Å². The summed E-state index contributed by atoms with van der Waals surface area (Å²) < 4.78 is 5.51. The first-order valence-electron chi connectivity index (χ1n) is 4.38. The Morgan fingerprint density at radius 2 is 2.08 bits per heavy atom. The van der Waals surface area contributed by atoms with Crippen LogP contribution in [0.5, 0.6) is 5.75 Å². The fourth-order valence-corrected chi connectivity index (χ4v) is 1.06. The highest BCUT2D eigenvalue weighted by molar-refractivity contribution is 5.54. The van der Waals surface area contributed by atoms with Crippen LogP contribution in [-0.4, -0.2) is 6.10 Å². The Balaban J connectivity index is 2.90. The number of hydrogen-bond donors (Lipinski definition) is 2. The van der Waals surface area contributed by atoms with Gasteiger partial charge >= 0.3 is 0 Å². The molecular formula is C10H16N2O. The molecule has 0 unspecified atom stereocenters. The molecule has 1 aromatic rings. The minimum absolute atomic E-state index is 0.135. The van der Waals surface area contributed by atoms with Crippen molar-refractivity contribution in [2.75, 3.05) is 5.73 Å². The molecule has 0 aliphatic heterocycles. The summed E-state index contributed by atoms with van der Waals surface area (Å²) >= 11 is 0. The first-order chi connectivity index (χ1) is 6.13. The van der Waals surface area contributed by atoms with Gasteiger partial charge in [0.05, 0.1) is 11.8 Å². The van der Waals surface area contributed by atoms with Gasteiger partial charge in [-0.15, -0.1) is 0 Å². The normalized spacial score (nSPS) is 10.5. The van der Waals surface area contributed by atoms with E-state index in [1.807, 2.05) is 32.0 Å². The van der Waals surface area contributed by atoms with E-state index in [-0.39, 0.29) is 6.10 Å². The predicted molar refractivity (Wildman–Crippen MR) is 54.5 cm³/mol. The Bertz CT molecular complexity index is 284. The van der Waals surface area contributed by atoms with Gasteiger partial charge in [0.25, 0.3) is 0 Å². The molecule has 13 heavy (non-hydrogen) atoms. The topological polar surface area (TPSA) is 61.3 Å². The predicted octanol–water partition coefficient (Wildman–Crippen LogP) is 1.51. The molecule has 0 heterocycles. The van der Waals surface area contributed by atoms with Gasteiger partial charge < -0.3 is 16.2 Å². The molecule has 1 rings (SSSR count). The first-order valence-corrected chi connectivity index (χ1v) is 4.38. The minimum Gasteiger partial charge on any atom is -0.489 e. The number of anilines is 1. The van der Waals surface area contributed by atoms with Crippen LogP contribution in [0, 0.1) is 0 Å². The van der Waals surface area contributed by atoms with Crippen molar-refractivity contribution in [3.8, 4) is 5.75 Å². The van der Waals surface area contributed by atoms with Gasteiger partial charge in [0.15, 0.2) is 0 Å². The molecule has 0 aliphatic rings. The Hall–Kier alpha value is -1.22. The van der Waals surface area contributed by atoms with Crippen LogP contribution in [0.2, 0.25) is 0 Å². The van der Waals surface area contributed by atoms with Gasteiger partial charge in [-0.05, 0) is 31.5 Å². The SMILES string of the molecule is CC(C)Oc1cc(CN)ccc1N. The van der Waals surface area contributed by atoms with E-state index in [9.17, 15) is 0 Å². The molecule has 0 aliphatic carbocycles. The quantitative estimate of drug-likeness (QED) is 0.693. The molecule has 0 saturated carbocycles. The van der Waals surface area contributed by atoms with Gasteiger partial charge in [-0.1, -0.05) is 6.07 Å². The molecule has 3 nitrogen and oxygen atoms in total. The second-order valence-electron chi connectivity index (χ2n) is 3.24. The van der Waals surface area contributed by atoms with E-state index >= 15 is 0 Å². The second-order valence-corrected chi connectivity index (χ2v) is 3.24. The van der Waals surface area contributed by atoms with Crippen LogP contribution in [0.4, 0.5) is 5.69 Å². The standard InChI is InChI=1S/C10H16N2O/c1-7(2)13-10-5-8(6-11)3-4-9(10)12/h3-5,7H,6,11-12H2,1-2H3. The van der Waals surface area contributed by atoms with Gasteiger partial charge in [0.1, 0.15) is 5.75 Å². The zero-order chi connectivity index (χ0) is 9.84. The number of benzene rings is 1. The molecule has 0 bridgehead atoms. The minimum atomic E-state index is 0.135. The number of ether oxygens (including phenoxy) is 1. The first kappa shape index (κ1) is 9.86. The third-order valence-electron chi connectivity index (χ3n) is 1.68. The number of rotatable bonds is 3. The summed E-state index contributed by atoms with van der Waals surface area (Å²) in [6, 6.07) is 5.61. The number of nitrogen functional groups attached to an aromatic ring is 1. The molecule has 0 radical (unpaired) electrons. The molecule has 3 heteroatoms. The Kier molecular flexibility index (Phi) is 3.14.